The Labute approximate surface area is 82.3 Å². The summed E-state index contributed by atoms with van der Waals surface area (Å²) in [5.74, 6) is 0.246. The fourth-order valence-electron chi connectivity index (χ4n) is 0.952. The summed E-state index contributed by atoms with van der Waals surface area (Å²) in [6, 6.07) is 0. The maximum atomic E-state index is 11.2. The molecular formula is C8H14N4O2. The molecule has 0 aliphatic carbocycles. The number of carbonyl (C=O) groups excluding carboxylic acids is 1. The Bertz CT molecular complexity index is 308. The van der Waals surface area contributed by atoms with Gasteiger partial charge in [0, 0.05) is 0 Å². The summed E-state index contributed by atoms with van der Waals surface area (Å²) in [5, 5.41) is 6.42. The van der Waals surface area contributed by atoms with E-state index in [0.29, 0.717) is 19.0 Å². The number of aromatic amines is 1. The van der Waals surface area contributed by atoms with Gasteiger partial charge in [-0.25, -0.2) is 9.78 Å². The predicted molar refractivity (Wildman–Crippen MR) is 49.7 cm³/mol. The van der Waals surface area contributed by atoms with E-state index in [1.807, 2.05) is 19.0 Å². The second-order valence-electron chi connectivity index (χ2n) is 3.06. The minimum atomic E-state index is -0.492. The van der Waals surface area contributed by atoms with Crippen molar-refractivity contribution in [3.63, 3.8) is 0 Å². The van der Waals surface area contributed by atoms with Gasteiger partial charge in [-0.2, -0.15) is 0 Å². The first-order valence-electron chi connectivity index (χ1n) is 4.36. The first-order chi connectivity index (χ1) is 6.63. The maximum Gasteiger partial charge on any atom is 0.378 e. The van der Waals surface area contributed by atoms with E-state index in [1.165, 1.54) is 0 Å². The lowest BCUT2D eigenvalue weighted by molar-refractivity contribution is 0.0512. The van der Waals surface area contributed by atoms with Crippen molar-refractivity contribution in [2.45, 2.75) is 13.5 Å². The molecule has 14 heavy (non-hydrogen) atoms. The number of hydrogen-bond acceptors (Lipinski definition) is 5. The molecule has 0 amide bonds. The molecule has 0 bridgehead atoms. The van der Waals surface area contributed by atoms with E-state index in [9.17, 15) is 4.79 Å². The van der Waals surface area contributed by atoms with Gasteiger partial charge in [0.2, 0.25) is 0 Å². The fraction of sp³-hybridized carbons (Fsp3) is 0.625. The zero-order chi connectivity index (χ0) is 10.6. The van der Waals surface area contributed by atoms with Crippen molar-refractivity contribution in [1.82, 2.24) is 20.1 Å². The Kier molecular flexibility index (Phi) is 3.58. The molecule has 0 saturated heterocycles. The zero-order valence-corrected chi connectivity index (χ0v) is 8.57. The lowest BCUT2D eigenvalue weighted by Gasteiger charge is -2.04. The molecule has 0 unspecified atom stereocenters. The second-order valence-corrected chi connectivity index (χ2v) is 3.06. The first-order valence-corrected chi connectivity index (χ1v) is 4.36. The van der Waals surface area contributed by atoms with E-state index in [2.05, 4.69) is 15.2 Å². The van der Waals surface area contributed by atoms with Crippen molar-refractivity contribution in [2.24, 2.45) is 0 Å². The number of rotatable bonds is 4. The Balaban J connectivity index is 2.63. The highest BCUT2D eigenvalue weighted by atomic mass is 16.5. The molecule has 1 heterocycles. The van der Waals surface area contributed by atoms with Gasteiger partial charge in [0.1, 0.15) is 5.82 Å². The lowest BCUT2D eigenvalue weighted by atomic mass is 10.5. The summed E-state index contributed by atoms with van der Waals surface area (Å²) in [7, 11) is 3.82. The van der Waals surface area contributed by atoms with Crippen LogP contribution in [0, 0.1) is 0 Å². The highest BCUT2D eigenvalue weighted by Crippen LogP contribution is 1.97. The van der Waals surface area contributed by atoms with Crippen LogP contribution in [0.1, 0.15) is 23.4 Å². The van der Waals surface area contributed by atoms with Gasteiger partial charge in [-0.3, -0.25) is 5.10 Å². The van der Waals surface area contributed by atoms with E-state index < -0.39 is 5.97 Å². The molecule has 0 aliphatic rings. The monoisotopic (exact) mass is 198 g/mol. The first kappa shape index (κ1) is 10.6. The standard InChI is InChI=1S/C8H14N4O2/c1-4-14-8(13)7-9-6(10-11-7)5-12(2)3/h4-5H2,1-3H3,(H,9,10,11). The van der Waals surface area contributed by atoms with Gasteiger partial charge in [0.25, 0.3) is 5.82 Å². The van der Waals surface area contributed by atoms with Gasteiger partial charge in [-0.05, 0) is 21.0 Å². The quantitative estimate of drug-likeness (QED) is 0.692. The molecule has 1 rings (SSSR count). The van der Waals surface area contributed by atoms with Crippen LogP contribution >= 0.6 is 0 Å². The number of esters is 1. The van der Waals surface area contributed by atoms with Gasteiger partial charge < -0.3 is 9.64 Å². The Morgan fingerprint density at radius 1 is 1.57 bits per heavy atom. The van der Waals surface area contributed by atoms with E-state index >= 15 is 0 Å². The van der Waals surface area contributed by atoms with E-state index in [4.69, 9.17) is 4.74 Å². The largest absolute Gasteiger partial charge is 0.460 e. The summed E-state index contributed by atoms with van der Waals surface area (Å²) in [6.07, 6.45) is 0. The smallest absolute Gasteiger partial charge is 0.378 e. The van der Waals surface area contributed by atoms with Crippen LogP contribution < -0.4 is 0 Å². The number of nitrogens with zero attached hydrogens (tertiary/aromatic N) is 3. The zero-order valence-electron chi connectivity index (χ0n) is 8.57. The Morgan fingerprint density at radius 3 is 2.86 bits per heavy atom. The van der Waals surface area contributed by atoms with Crippen molar-refractivity contribution in [1.29, 1.82) is 0 Å². The molecule has 0 aliphatic heterocycles. The molecule has 0 spiro atoms. The molecule has 0 radical (unpaired) electrons. The van der Waals surface area contributed by atoms with Gasteiger partial charge >= 0.3 is 5.97 Å². The van der Waals surface area contributed by atoms with Crippen molar-refractivity contribution < 1.29 is 9.53 Å². The second kappa shape index (κ2) is 4.71. The van der Waals surface area contributed by atoms with Crippen molar-refractivity contribution >= 4 is 5.97 Å². The molecule has 6 heteroatoms. The number of aromatic nitrogens is 3. The summed E-state index contributed by atoms with van der Waals surface area (Å²) < 4.78 is 4.75. The molecule has 0 aromatic carbocycles. The number of nitrogens with one attached hydrogen (secondary N) is 1. The third-order valence-corrected chi connectivity index (χ3v) is 1.46. The van der Waals surface area contributed by atoms with Crippen molar-refractivity contribution in [3.05, 3.63) is 11.6 Å². The molecule has 1 aromatic rings. The molecule has 78 valence electrons. The number of ether oxygens (including phenoxy) is 1. The molecular weight excluding hydrogens is 184 g/mol. The lowest BCUT2D eigenvalue weighted by Crippen LogP contribution is -2.12. The Morgan fingerprint density at radius 2 is 2.29 bits per heavy atom. The van der Waals surface area contributed by atoms with Crippen LogP contribution in [0.3, 0.4) is 0 Å². The summed E-state index contributed by atoms with van der Waals surface area (Å²) in [4.78, 5) is 17.1. The average molecular weight is 198 g/mol. The normalized spacial score (nSPS) is 10.6. The van der Waals surface area contributed by atoms with E-state index in [1.54, 1.807) is 6.92 Å². The summed E-state index contributed by atoms with van der Waals surface area (Å²) >= 11 is 0. The van der Waals surface area contributed by atoms with Gasteiger partial charge in [0.05, 0.1) is 13.2 Å². The summed E-state index contributed by atoms with van der Waals surface area (Å²) in [6.45, 7) is 2.69. The van der Waals surface area contributed by atoms with Crippen molar-refractivity contribution in [3.8, 4) is 0 Å². The van der Waals surface area contributed by atoms with Crippen LogP contribution in [0.2, 0.25) is 0 Å². The minimum Gasteiger partial charge on any atom is -0.460 e. The van der Waals surface area contributed by atoms with Crippen LogP contribution in [-0.2, 0) is 11.3 Å². The van der Waals surface area contributed by atoms with Crippen molar-refractivity contribution in [2.75, 3.05) is 20.7 Å². The molecule has 1 N–H and O–H groups in total. The molecule has 0 atom stereocenters. The third-order valence-electron chi connectivity index (χ3n) is 1.46. The molecule has 0 saturated carbocycles. The minimum absolute atomic E-state index is 0.0868. The van der Waals surface area contributed by atoms with Crippen LogP contribution in [-0.4, -0.2) is 46.8 Å². The highest BCUT2D eigenvalue weighted by Gasteiger charge is 2.13. The maximum absolute atomic E-state index is 11.2. The summed E-state index contributed by atoms with van der Waals surface area (Å²) in [5.41, 5.74) is 0. The van der Waals surface area contributed by atoms with Crippen LogP contribution in [0.15, 0.2) is 0 Å². The van der Waals surface area contributed by atoms with Gasteiger partial charge in [0.15, 0.2) is 0 Å². The number of H-pyrrole nitrogens is 1. The molecule has 0 fully saturated rings. The fourth-order valence-corrected chi connectivity index (χ4v) is 0.952. The van der Waals surface area contributed by atoms with Gasteiger partial charge in [-0.15, -0.1) is 5.10 Å². The average Bonchev–Trinajstić information content (AvgIpc) is 2.52. The topological polar surface area (TPSA) is 71.1 Å². The van der Waals surface area contributed by atoms with Crippen LogP contribution in [0.5, 0.6) is 0 Å². The third kappa shape index (κ3) is 2.81. The van der Waals surface area contributed by atoms with E-state index in [0.717, 1.165) is 0 Å². The van der Waals surface area contributed by atoms with E-state index in [-0.39, 0.29) is 5.82 Å². The highest BCUT2D eigenvalue weighted by molar-refractivity contribution is 5.84. The van der Waals surface area contributed by atoms with Crippen LogP contribution in [0.25, 0.3) is 0 Å². The molecule has 1 aromatic heterocycles. The SMILES string of the molecule is CCOC(=O)c1n[nH]c(CN(C)C)n1. The van der Waals surface area contributed by atoms with Gasteiger partial charge in [-0.1, -0.05) is 0 Å². The van der Waals surface area contributed by atoms with Crippen LogP contribution in [0.4, 0.5) is 0 Å². The predicted octanol–water partition coefficient (Wildman–Crippen LogP) is 0.0430. The number of hydrogen-bond donors (Lipinski definition) is 1. The molecule has 6 nitrogen and oxygen atoms in total. The Hall–Kier alpha value is -1.43. The number of carbonyl (C=O) groups is 1.